The summed E-state index contributed by atoms with van der Waals surface area (Å²) in [7, 11) is 0. The van der Waals surface area contributed by atoms with Crippen LogP contribution in [0, 0.1) is 0 Å². The maximum Gasteiger partial charge on any atom is 0.326 e. The van der Waals surface area contributed by atoms with Gasteiger partial charge in [-0.15, -0.1) is 0 Å². The molecule has 0 saturated carbocycles. The summed E-state index contributed by atoms with van der Waals surface area (Å²) in [4.78, 5) is 10.9. The summed E-state index contributed by atoms with van der Waals surface area (Å²) in [6.45, 7) is 1.92. The highest BCUT2D eigenvalue weighted by atomic mass is 79.9. The predicted octanol–water partition coefficient (Wildman–Crippen LogP) is 2.43. The van der Waals surface area contributed by atoms with Crippen LogP contribution in [0.25, 0.3) is 0 Å². The van der Waals surface area contributed by atoms with Crippen molar-refractivity contribution < 1.29 is 9.90 Å². The monoisotopic (exact) mass is 255 g/mol. The Morgan fingerprint density at radius 2 is 2.29 bits per heavy atom. The summed E-state index contributed by atoms with van der Waals surface area (Å²) in [5, 5.41) is 11.9. The van der Waals surface area contributed by atoms with E-state index in [-0.39, 0.29) is 5.92 Å². The number of carboxylic acids is 1. The van der Waals surface area contributed by atoms with E-state index in [0.29, 0.717) is 0 Å². The lowest BCUT2D eigenvalue weighted by Gasteiger charge is -2.09. The number of anilines is 1. The van der Waals surface area contributed by atoms with Gasteiger partial charge < -0.3 is 10.4 Å². The summed E-state index contributed by atoms with van der Waals surface area (Å²) in [6, 6.07) is 5.30. The largest absolute Gasteiger partial charge is 0.480 e. The van der Waals surface area contributed by atoms with Crippen molar-refractivity contribution in [1.82, 2.24) is 0 Å². The van der Waals surface area contributed by atoms with Gasteiger partial charge in [-0.25, -0.2) is 4.79 Å². The SMILES string of the molecule is CC1c2ccc(Br)cc2NC1C(=O)O. The lowest BCUT2D eigenvalue weighted by Crippen LogP contribution is -2.28. The second-order valence-electron chi connectivity index (χ2n) is 3.48. The Balaban J connectivity index is 2.40. The molecule has 74 valence electrons. The van der Waals surface area contributed by atoms with E-state index >= 15 is 0 Å². The standard InChI is InChI=1S/C10H10BrNO2/c1-5-7-3-2-6(11)4-8(7)12-9(5)10(13)14/h2-5,9,12H,1H3,(H,13,14). The Hall–Kier alpha value is -1.03. The lowest BCUT2D eigenvalue weighted by atomic mass is 9.98. The molecule has 1 aromatic carbocycles. The molecular weight excluding hydrogens is 246 g/mol. The Kier molecular flexibility index (Phi) is 2.23. The molecule has 1 aromatic rings. The predicted molar refractivity (Wildman–Crippen MR) is 57.6 cm³/mol. The molecular formula is C10H10BrNO2. The molecule has 2 atom stereocenters. The molecule has 1 heterocycles. The highest BCUT2D eigenvalue weighted by molar-refractivity contribution is 9.10. The van der Waals surface area contributed by atoms with E-state index in [2.05, 4.69) is 21.2 Å². The average Bonchev–Trinajstić information content (AvgIpc) is 2.43. The van der Waals surface area contributed by atoms with Crippen molar-refractivity contribution in [3.05, 3.63) is 28.2 Å². The Labute approximate surface area is 90.3 Å². The van der Waals surface area contributed by atoms with Gasteiger partial charge in [0.15, 0.2) is 0 Å². The van der Waals surface area contributed by atoms with Gasteiger partial charge in [0.2, 0.25) is 0 Å². The number of aliphatic carboxylic acids is 1. The zero-order valence-corrected chi connectivity index (χ0v) is 9.21. The summed E-state index contributed by atoms with van der Waals surface area (Å²) in [5.74, 6) is -0.777. The first-order valence-electron chi connectivity index (χ1n) is 4.38. The number of carboxylic acid groups (broad SMARTS) is 1. The fourth-order valence-electron chi connectivity index (χ4n) is 1.80. The van der Waals surface area contributed by atoms with Crippen molar-refractivity contribution >= 4 is 27.6 Å². The third-order valence-corrected chi connectivity index (χ3v) is 3.08. The van der Waals surface area contributed by atoms with Crippen molar-refractivity contribution in [3.8, 4) is 0 Å². The van der Waals surface area contributed by atoms with Crippen LogP contribution in [0.4, 0.5) is 5.69 Å². The van der Waals surface area contributed by atoms with Gasteiger partial charge in [0.25, 0.3) is 0 Å². The minimum Gasteiger partial charge on any atom is -0.480 e. The molecule has 0 amide bonds. The number of benzene rings is 1. The molecule has 14 heavy (non-hydrogen) atoms. The zero-order valence-electron chi connectivity index (χ0n) is 7.62. The van der Waals surface area contributed by atoms with Gasteiger partial charge in [-0.3, -0.25) is 0 Å². The summed E-state index contributed by atoms with van der Waals surface area (Å²) in [5.41, 5.74) is 1.99. The smallest absolute Gasteiger partial charge is 0.326 e. The molecule has 2 rings (SSSR count). The van der Waals surface area contributed by atoms with Crippen molar-refractivity contribution in [2.24, 2.45) is 0 Å². The second kappa shape index (κ2) is 3.28. The average molecular weight is 256 g/mol. The first-order valence-corrected chi connectivity index (χ1v) is 5.17. The number of hydrogen-bond acceptors (Lipinski definition) is 2. The minimum atomic E-state index is -0.801. The number of nitrogens with one attached hydrogen (secondary N) is 1. The molecule has 0 radical (unpaired) electrons. The number of hydrogen-bond donors (Lipinski definition) is 2. The van der Waals surface area contributed by atoms with E-state index in [1.807, 2.05) is 25.1 Å². The maximum atomic E-state index is 10.9. The molecule has 2 N–H and O–H groups in total. The van der Waals surface area contributed by atoms with Crippen LogP contribution in [-0.2, 0) is 4.79 Å². The quantitative estimate of drug-likeness (QED) is 0.811. The Bertz CT molecular complexity index is 392. The van der Waals surface area contributed by atoms with E-state index in [0.717, 1.165) is 15.7 Å². The van der Waals surface area contributed by atoms with Crippen LogP contribution in [0.15, 0.2) is 22.7 Å². The van der Waals surface area contributed by atoms with Gasteiger partial charge in [0.1, 0.15) is 6.04 Å². The first kappa shape index (κ1) is 9.52. The van der Waals surface area contributed by atoms with E-state index in [1.54, 1.807) is 0 Å². The molecule has 2 unspecified atom stereocenters. The van der Waals surface area contributed by atoms with E-state index in [9.17, 15) is 4.79 Å². The minimum absolute atomic E-state index is 0.0237. The molecule has 0 bridgehead atoms. The van der Waals surface area contributed by atoms with E-state index in [1.165, 1.54) is 0 Å². The molecule has 3 nitrogen and oxygen atoms in total. The van der Waals surface area contributed by atoms with Crippen LogP contribution in [0.3, 0.4) is 0 Å². The molecule has 0 aliphatic carbocycles. The van der Waals surface area contributed by atoms with Crippen molar-refractivity contribution in [2.45, 2.75) is 18.9 Å². The molecule has 1 aliphatic rings. The molecule has 0 saturated heterocycles. The number of fused-ring (bicyclic) bond motifs is 1. The maximum absolute atomic E-state index is 10.9. The first-order chi connectivity index (χ1) is 6.59. The van der Waals surface area contributed by atoms with Crippen LogP contribution in [-0.4, -0.2) is 17.1 Å². The number of carbonyl (C=O) groups is 1. The van der Waals surface area contributed by atoms with Gasteiger partial charge in [-0.1, -0.05) is 28.9 Å². The normalized spacial score (nSPS) is 24.1. The summed E-state index contributed by atoms with van der Waals surface area (Å²) < 4.78 is 0.960. The van der Waals surface area contributed by atoms with E-state index in [4.69, 9.17) is 5.11 Å². The fourth-order valence-corrected chi connectivity index (χ4v) is 2.16. The van der Waals surface area contributed by atoms with Gasteiger partial charge in [0.05, 0.1) is 0 Å². The van der Waals surface area contributed by atoms with Gasteiger partial charge in [-0.2, -0.15) is 0 Å². The highest BCUT2D eigenvalue weighted by Crippen LogP contribution is 2.37. The van der Waals surface area contributed by atoms with Crippen molar-refractivity contribution in [2.75, 3.05) is 5.32 Å². The molecule has 4 heteroatoms. The van der Waals surface area contributed by atoms with Crippen molar-refractivity contribution in [3.63, 3.8) is 0 Å². The third-order valence-electron chi connectivity index (χ3n) is 2.58. The van der Waals surface area contributed by atoms with E-state index < -0.39 is 12.0 Å². The lowest BCUT2D eigenvalue weighted by molar-refractivity contribution is -0.138. The summed E-state index contributed by atoms with van der Waals surface area (Å²) in [6.07, 6.45) is 0. The topological polar surface area (TPSA) is 49.3 Å². The van der Waals surface area contributed by atoms with Crippen LogP contribution >= 0.6 is 15.9 Å². The van der Waals surface area contributed by atoms with Gasteiger partial charge >= 0.3 is 5.97 Å². The zero-order chi connectivity index (χ0) is 10.3. The van der Waals surface area contributed by atoms with Crippen molar-refractivity contribution in [1.29, 1.82) is 0 Å². The fraction of sp³-hybridized carbons (Fsp3) is 0.300. The Morgan fingerprint density at radius 1 is 1.57 bits per heavy atom. The van der Waals surface area contributed by atoms with Crippen LogP contribution in [0.1, 0.15) is 18.4 Å². The molecule has 0 aromatic heterocycles. The highest BCUT2D eigenvalue weighted by Gasteiger charge is 2.33. The second-order valence-corrected chi connectivity index (χ2v) is 4.40. The third kappa shape index (κ3) is 1.39. The summed E-state index contributed by atoms with van der Waals surface area (Å²) >= 11 is 3.35. The number of halogens is 1. The van der Waals surface area contributed by atoms with Crippen LogP contribution < -0.4 is 5.32 Å². The van der Waals surface area contributed by atoms with Crippen LogP contribution in [0.2, 0.25) is 0 Å². The van der Waals surface area contributed by atoms with Crippen LogP contribution in [0.5, 0.6) is 0 Å². The molecule has 0 spiro atoms. The van der Waals surface area contributed by atoms with Gasteiger partial charge in [0, 0.05) is 16.1 Å². The number of rotatable bonds is 1. The Morgan fingerprint density at radius 3 is 2.93 bits per heavy atom. The molecule has 0 fully saturated rings. The molecule has 1 aliphatic heterocycles. The van der Waals surface area contributed by atoms with Gasteiger partial charge in [-0.05, 0) is 17.7 Å².